The third kappa shape index (κ3) is 2.75. The van der Waals surface area contributed by atoms with E-state index in [9.17, 15) is 4.79 Å². The fourth-order valence-electron chi connectivity index (χ4n) is 2.74. The average Bonchev–Trinajstić information content (AvgIpc) is 3.28. The number of hydrogen-bond donors (Lipinski definition) is 2. The van der Waals surface area contributed by atoms with Crippen LogP contribution in [0.25, 0.3) is 22.4 Å². The minimum Gasteiger partial charge on any atom is -0.309 e. The monoisotopic (exact) mass is 336 g/mol. The molecule has 0 saturated heterocycles. The van der Waals surface area contributed by atoms with Crippen LogP contribution in [0.3, 0.4) is 0 Å². The van der Waals surface area contributed by atoms with Crippen LogP contribution in [0.1, 0.15) is 5.69 Å². The predicted molar refractivity (Wildman–Crippen MR) is 91.7 cm³/mol. The molecule has 3 aromatic heterocycles. The lowest BCUT2D eigenvalue weighted by atomic mass is 10.2. The molecule has 9 nitrogen and oxygen atoms in total. The van der Waals surface area contributed by atoms with E-state index in [1.54, 1.807) is 11.0 Å². The van der Waals surface area contributed by atoms with E-state index in [1.807, 2.05) is 44.3 Å². The second kappa shape index (κ2) is 5.86. The molecule has 0 aliphatic carbocycles. The topological polar surface area (TPSA) is 106 Å². The first-order valence-electron chi connectivity index (χ1n) is 7.74. The fraction of sp³-hybridized carbons (Fsp3) is 0.188. The maximum Gasteiger partial charge on any atom is 0.247 e. The lowest BCUT2D eigenvalue weighted by molar-refractivity contribution is -0.116. The highest BCUT2D eigenvalue weighted by Gasteiger charge is 2.16. The quantitative estimate of drug-likeness (QED) is 0.587. The Bertz CT molecular complexity index is 1040. The van der Waals surface area contributed by atoms with Crippen LogP contribution in [-0.4, -0.2) is 40.6 Å². The Balaban J connectivity index is 1.50. The van der Waals surface area contributed by atoms with Crippen molar-refractivity contribution in [2.75, 3.05) is 5.32 Å². The molecule has 2 N–H and O–H groups in total. The SMILES string of the molecule is Cc1nn(C)c2n[nH]c(NC(=O)Cn3cnc(-c4ccccc4)n3)c12. The van der Waals surface area contributed by atoms with Gasteiger partial charge in [-0.2, -0.15) is 15.3 Å². The van der Waals surface area contributed by atoms with E-state index in [0.717, 1.165) is 16.6 Å². The number of aromatic amines is 1. The second-order valence-corrected chi connectivity index (χ2v) is 5.69. The van der Waals surface area contributed by atoms with Crippen LogP contribution < -0.4 is 5.32 Å². The highest BCUT2D eigenvalue weighted by atomic mass is 16.2. The normalized spacial score (nSPS) is 11.1. The van der Waals surface area contributed by atoms with E-state index in [1.165, 1.54) is 4.68 Å². The van der Waals surface area contributed by atoms with Gasteiger partial charge >= 0.3 is 0 Å². The molecule has 25 heavy (non-hydrogen) atoms. The van der Waals surface area contributed by atoms with Crippen molar-refractivity contribution in [3.05, 3.63) is 42.4 Å². The zero-order valence-corrected chi connectivity index (χ0v) is 13.8. The lowest BCUT2D eigenvalue weighted by Crippen LogP contribution is -2.19. The van der Waals surface area contributed by atoms with Gasteiger partial charge in [-0.15, -0.1) is 0 Å². The Hall–Kier alpha value is -3.49. The Morgan fingerprint density at radius 1 is 1.24 bits per heavy atom. The van der Waals surface area contributed by atoms with Crippen LogP contribution >= 0.6 is 0 Å². The van der Waals surface area contributed by atoms with Crippen LogP contribution in [0, 0.1) is 6.92 Å². The van der Waals surface area contributed by atoms with E-state index in [4.69, 9.17) is 0 Å². The number of H-pyrrole nitrogens is 1. The minimum atomic E-state index is -0.224. The smallest absolute Gasteiger partial charge is 0.247 e. The first kappa shape index (κ1) is 15.1. The summed E-state index contributed by atoms with van der Waals surface area (Å²) in [5.41, 5.74) is 2.40. The first-order valence-corrected chi connectivity index (χ1v) is 7.74. The highest BCUT2D eigenvalue weighted by molar-refractivity contribution is 5.99. The molecule has 1 amide bonds. The number of aromatic nitrogens is 7. The van der Waals surface area contributed by atoms with E-state index in [0.29, 0.717) is 17.3 Å². The molecule has 0 fully saturated rings. The molecule has 4 aromatic rings. The van der Waals surface area contributed by atoms with Gasteiger partial charge in [0.15, 0.2) is 11.5 Å². The average molecular weight is 336 g/mol. The maximum atomic E-state index is 12.3. The fourth-order valence-corrected chi connectivity index (χ4v) is 2.74. The second-order valence-electron chi connectivity index (χ2n) is 5.69. The van der Waals surface area contributed by atoms with Gasteiger partial charge in [-0.05, 0) is 6.92 Å². The van der Waals surface area contributed by atoms with Crippen LogP contribution in [-0.2, 0) is 18.4 Å². The van der Waals surface area contributed by atoms with Gasteiger partial charge in [-0.25, -0.2) is 14.3 Å². The first-order chi connectivity index (χ1) is 12.1. The number of anilines is 1. The van der Waals surface area contributed by atoms with E-state index in [-0.39, 0.29) is 12.5 Å². The van der Waals surface area contributed by atoms with Gasteiger partial charge in [0, 0.05) is 12.6 Å². The molecule has 0 bridgehead atoms. The van der Waals surface area contributed by atoms with E-state index in [2.05, 4.69) is 30.7 Å². The molecule has 0 radical (unpaired) electrons. The molecule has 0 unspecified atom stereocenters. The van der Waals surface area contributed by atoms with E-state index < -0.39 is 0 Å². The number of hydrogen-bond acceptors (Lipinski definition) is 5. The summed E-state index contributed by atoms with van der Waals surface area (Å²) < 4.78 is 3.17. The Morgan fingerprint density at radius 3 is 2.84 bits per heavy atom. The third-order valence-electron chi connectivity index (χ3n) is 3.85. The summed E-state index contributed by atoms with van der Waals surface area (Å²) in [4.78, 5) is 16.6. The molecule has 0 spiro atoms. The number of rotatable bonds is 4. The van der Waals surface area contributed by atoms with Crippen molar-refractivity contribution in [1.29, 1.82) is 0 Å². The van der Waals surface area contributed by atoms with E-state index >= 15 is 0 Å². The molecular weight excluding hydrogens is 320 g/mol. The van der Waals surface area contributed by atoms with Gasteiger partial charge in [-0.3, -0.25) is 9.89 Å². The van der Waals surface area contributed by atoms with Crippen molar-refractivity contribution in [2.45, 2.75) is 13.5 Å². The number of amides is 1. The summed E-state index contributed by atoms with van der Waals surface area (Å²) in [6, 6.07) is 9.61. The number of aryl methyl sites for hydroxylation is 2. The minimum absolute atomic E-state index is 0.0552. The zero-order chi connectivity index (χ0) is 17.4. The Kier molecular flexibility index (Phi) is 3.53. The lowest BCUT2D eigenvalue weighted by Gasteiger charge is -2.02. The van der Waals surface area contributed by atoms with Gasteiger partial charge in [0.25, 0.3) is 0 Å². The van der Waals surface area contributed by atoms with Crippen molar-refractivity contribution in [3.8, 4) is 11.4 Å². The van der Waals surface area contributed by atoms with Gasteiger partial charge in [-0.1, -0.05) is 30.3 Å². The number of carbonyl (C=O) groups excluding carboxylic acids is 1. The zero-order valence-electron chi connectivity index (χ0n) is 13.8. The van der Waals surface area contributed by atoms with Crippen LogP contribution in [0.5, 0.6) is 0 Å². The predicted octanol–water partition coefficient (Wildman–Crippen LogP) is 1.50. The molecule has 1 aromatic carbocycles. The molecule has 4 rings (SSSR count). The molecule has 0 aliphatic heterocycles. The van der Waals surface area contributed by atoms with Crippen molar-refractivity contribution in [3.63, 3.8) is 0 Å². The van der Waals surface area contributed by atoms with Gasteiger partial charge in [0.2, 0.25) is 5.91 Å². The Labute approximate surface area is 142 Å². The Morgan fingerprint density at radius 2 is 2.04 bits per heavy atom. The third-order valence-corrected chi connectivity index (χ3v) is 3.85. The molecule has 0 atom stereocenters. The largest absolute Gasteiger partial charge is 0.309 e. The summed E-state index contributed by atoms with van der Waals surface area (Å²) in [6.45, 7) is 1.93. The molecule has 126 valence electrons. The molecule has 3 heterocycles. The molecule has 0 saturated carbocycles. The standard InChI is InChI=1S/C16H16N8O/c1-10-13-15(19-20-16(13)23(2)21-10)18-12(25)8-24-9-17-14(22-24)11-6-4-3-5-7-11/h3-7,9H,8H2,1-2H3,(H2,18,19,20,25). The summed E-state index contributed by atoms with van der Waals surface area (Å²) in [5, 5.41) is 19.3. The number of nitrogens with zero attached hydrogens (tertiary/aromatic N) is 6. The van der Waals surface area contributed by atoms with Crippen LogP contribution in [0.2, 0.25) is 0 Å². The van der Waals surface area contributed by atoms with Gasteiger partial charge < -0.3 is 5.32 Å². The molecule has 9 heteroatoms. The maximum absolute atomic E-state index is 12.3. The van der Waals surface area contributed by atoms with Crippen molar-refractivity contribution < 1.29 is 4.79 Å². The van der Waals surface area contributed by atoms with Gasteiger partial charge in [0.1, 0.15) is 18.7 Å². The number of carbonyl (C=O) groups is 1. The van der Waals surface area contributed by atoms with Crippen LogP contribution in [0.4, 0.5) is 5.82 Å². The summed E-state index contributed by atoms with van der Waals surface area (Å²) >= 11 is 0. The number of nitrogens with one attached hydrogen (secondary N) is 2. The molecule has 0 aliphatic rings. The highest BCUT2D eigenvalue weighted by Crippen LogP contribution is 2.23. The number of benzene rings is 1. The van der Waals surface area contributed by atoms with Crippen molar-refractivity contribution in [1.82, 2.24) is 34.7 Å². The van der Waals surface area contributed by atoms with Crippen molar-refractivity contribution >= 4 is 22.8 Å². The van der Waals surface area contributed by atoms with Gasteiger partial charge in [0.05, 0.1) is 11.1 Å². The summed E-state index contributed by atoms with van der Waals surface area (Å²) in [6.07, 6.45) is 1.54. The van der Waals surface area contributed by atoms with Crippen molar-refractivity contribution in [2.24, 2.45) is 7.05 Å². The molecular formula is C16H16N8O. The summed E-state index contributed by atoms with van der Waals surface area (Å²) in [7, 11) is 1.81. The van der Waals surface area contributed by atoms with Crippen LogP contribution in [0.15, 0.2) is 36.7 Å². The summed E-state index contributed by atoms with van der Waals surface area (Å²) in [5.74, 6) is 0.896. The number of fused-ring (bicyclic) bond motifs is 1.